The predicted molar refractivity (Wildman–Crippen MR) is 91.6 cm³/mol. The highest BCUT2D eigenvalue weighted by Crippen LogP contribution is 2.17. The van der Waals surface area contributed by atoms with Crippen molar-refractivity contribution in [2.24, 2.45) is 5.92 Å². The van der Waals surface area contributed by atoms with E-state index in [1.165, 1.54) is 4.90 Å². The van der Waals surface area contributed by atoms with E-state index in [-0.39, 0.29) is 18.5 Å². The Morgan fingerprint density at radius 3 is 2.40 bits per heavy atom. The van der Waals surface area contributed by atoms with Crippen LogP contribution in [-0.2, 0) is 9.59 Å². The second kappa shape index (κ2) is 8.91. The van der Waals surface area contributed by atoms with Crippen molar-refractivity contribution in [1.82, 2.24) is 10.2 Å². The third kappa shape index (κ3) is 5.66. The fraction of sp³-hybridized carbons (Fsp3) is 0.471. The minimum Gasteiger partial charge on any atom is -0.494 e. The van der Waals surface area contributed by atoms with Crippen molar-refractivity contribution in [2.75, 3.05) is 31.6 Å². The fourth-order valence-corrected chi connectivity index (χ4v) is 2.60. The summed E-state index contributed by atoms with van der Waals surface area (Å²) in [5, 5.41) is 14.2. The van der Waals surface area contributed by atoms with Gasteiger partial charge in [0.05, 0.1) is 19.1 Å². The van der Waals surface area contributed by atoms with Gasteiger partial charge in [0.2, 0.25) is 5.91 Å². The van der Waals surface area contributed by atoms with Crippen LogP contribution in [-0.4, -0.2) is 54.2 Å². The molecule has 0 atom stereocenters. The highest BCUT2D eigenvalue weighted by atomic mass is 16.5. The average Bonchev–Trinajstić information content (AvgIpc) is 2.61. The van der Waals surface area contributed by atoms with Gasteiger partial charge in [-0.1, -0.05) is 0 Å². The summed E-state index contributed by atoms with van der Waals surface area (Å²) in [6, 6.07) is 6.60. The van der Waals surface area contributed by atoms with Gasteiger partial charge in [0, 0.05) is 18.8 Å². The number of hydrogen-bond donors (Lipinski definition) is 3. The normalized spacial score (nSPS) is 14.7. The van der Waals surface area contributed by atoms with E-state index in [1.807, 2.05) is 6.92 Å². The number of amides is 3. The lowest BCUT2D eigenvalue weighted by molar-refractivity contribution is -0.143. The van der Waals surface area contributed by atoms with Crippen LogP contribution in [0.3, 0.4) is 0 Å². The standard InChI is InChI=1S/C17H23N3O5/c1-2-25-14-5-3-13(4-6-14)19-15(21)11-18-17(24)20-9-7-12(8-10-20)16(22)23/h3-6,12H,2,7-11H2,1H3,(H,18,24)(H,19,21)(H,22,23). The third-order valence-corrected chi connectivity index (χ3v) is 3.98. The molecule has 3 N–H and O–H groups in total. The Bertz CT molecular complexity index is 609. The van der Waals surface area contributed by atoms with Crippen LogP contribution in [0, 0.1) is 5.92 Å². The van der Waals surface area contributed by atoms with Crippen LogP contribution in [0.4, 0.5) is 10.5 Å². The van der Waals surface area contributed by atoms with Crippen LogP contribution in [0.15, 0.2) is 24.3 Å². The van der Waals surface area contributed by atoms with Crippen molar-refractivity contribution in [3.8, 4) is 5.75 Å². The Morgan fingerprint density at radius 2 is 1.84 bits per heavy atom. The van der Waals surface area contributed by atoms with Crippen molar-refractivity contribution in [3.05, 3.63) is 24.3 Å². The molecule has 1 heterocycles. The number of urea groups is 1. The van der Waals surface area contributed by atoms with E-state index in [0.29, 0.717) is 38.2 Å². The average molecular weight is 349 g/mol. The van der Waals surface area contributed by atoms with E-state index < -0.39 is 11.9 Å². The van der Waals surface area contributed by atoms with E-state index in [4.69, 9.17) is 9.84 Å². The number of nitrogens with zero attached hydrogens (tertiary/aromatic N) is 1. The number of ether oxygens (including phenoxy) is 1. The maximum Gasteiger partial charge on any atom is 0.317 e. The molecular formula is C17H23N3O5. The first-order valence-electron chi connectivity index (χ1n) is 8.28. The number of carboxylic acids is 1. The Morgan fingerprint density at radius 1 is 1.20 bits per heavy atom. The van der Waals surface area contributed by atoms with Crippen molar-refractivity contribution < 1.29 is 24.2 Å². The van der Waals surface area contributed by atoms with Crippen LogP contribution in [0.25, 0.3) is 0 Å². The summed E-state index contributed by atoms with van der Waals surface area (Å²) in [5.74, 6) is -0.835. The van der Waals surface area contributed by atoms with Gasteiger partial charge in [-0.3, -0.25) is 9.59 Å². The first-order chi connectivity index (χ1) is 12.0. The number of nitrogens with one attached hydrogen (secondary N) is 2. The molecule has 0 aliphatic carbocycles. The molecule has 0 spiro atoms. The van der Waals surface area contributed by atoms with Crippen LogP contribution in [0.2, 0.25) is 0 Å². The Kier molecular flexibility index (Phi) is 6.62. The number of piperidine rings is 1. The van der Waals surface area contributed by atoms with Gasteiger partial charge in [0.15, 0.2) is 0 Å². The Labute approximate surface area is 146 Å². The molecule has 1 aliphatic rings. The molecule has 3 amide bonds. The van der Waals surface area contributed by atoms with Crippen LogP contribution in [0.5, 0.6) is 5.75 Å². The van der Waals surface area contributed by atoms with Crippen LogP contribution >= 0.6 is 0 Å². The number of hydrogen-bond acceptors (Lipinski definition) is 4. The molecule has 25 heavy (non-hydrogen) atoms. The zero-order valence-electron chi connectivity index (χ0n) is 14.2. The van der Waals surface area contributed by atoms with Crippen molar-refractivity contribution in [3.63, 3.8) is 0 Å². The minimum absolute atomic E-state index is 0.148. The molecule has 0 radical (unpaired) electrons. The molecule has 0 saturated carbocycles. The topological polar surface area (TPSA) is 108 Å². The fourth-order valence-electron chi connectivity index (χ4n) is 2.60. The lowest BCUT2D eigenvalue weighted by Gasteiger charge is -2.30. The number of carboxylic acid groups (broad SMARTS) is 1. The molecule has 2 rings (SSSR count). The molecule has 0 unspecified atom stereocenters. The highest BCUT2D eigenvalue weighted by Gasteiger charge is 2.26. The molecule has 1 aromatic carbocycles. The van der Waals surface area contributed by atoms with Gasteiger partial charge in [-0.05, 0) is 44.0 Å². The summed E-state index contributed by atoms with van der Waals surface area (Å²) >= 11 is 0. The molecule has 1 aliphatic heterocycles. The van der Waals surface area contributed by atoms with Crippen LogP contribution < -0.4 is 15.4 Å². The van der Waals surface area contributed by atoms with Gasteiger partial charge in [-0.2, -0.15) is 0 Å². The molecule has 1 aromatic rings. The molecular weight excluding hydrogens is 326 g/mol. The Balaban J connectivity index is 1.72. The summed E-state index contributed by atoms with van der Waals surface area (Å²) in [4.78, 5) is 36.3. The second-order valence-corrected chi connectivity index (χ2v) is 5.76. The lowest BCUT2D eigenvalue weighted by atomic mass is 9.97. The number of anilines is 1. The summed E-state index contributed by atoms with van der Waals surface area (Å²) in [6.45, 7) is 3.07. The largest absolute Gasteiger partial charge is 0.494 e. The Hall–Kier alpha value is -2.77. The minimum atomic E-state index is -0.824. The maximum absolute atomic E-state index is 12.0. The molecule has 8 nitrogen and oxygen atoms in total. The maximum atomic E-state index is 12.0. The number of likely N-dealkylation sites (tertiary alicyclic amines) is 1. The molecule has 136 valence electrons. The smallest absolute Gasteiger partial charge is 0.317 e. The van der Waals surface area contributed by atoms with E-state index >= 15 is 0 Å². The monoisotopic (exact) mass is 349 g/mol. The van der Waals surface area contributed by atoms with Gasteiger partial charge < -0.3 is 25.4 Å². The van der Waals surface area contributed by atoms with Gasteiger partial charge in [0.25, 0.3) is 0 Å². The zero-order chi connectivity index (χ0) is 18.2. The summed E-state index contributed by atoms with van der Waals surface area (Å²) in [7, 11) is 0. The van der Waals surface area contributed by atoms with E-state index in [2.05, 4.69) is 10.6 Å². The number of aliphatic carboxylic acids is 1. The second-order valence-electron chi connectivity index (χ2n) is 5.76. The molecule has 1 saturated heterocycles. The molecule has 0 bridgehead atoms. The van der Waals surface area contributed by atoms with Crippen molar-refractivity contribution >= 4 is 23.6 Å². The number of carbonyl (C=O) groups excluding carboxylic acids is 2. The summed E-state index contributed by atoms with van der Waals surface area (Å²) in [6.07, 6.45) is 0.863. The van der Waals surface area contributed by atoms with Gasteiger partial charge in [0.1, 0.15) is 5.75 Å². The van der Waals surface area contributed by atoms with Crippen molar-refractivity contribution in [2.45, 2.75) is 19.8 Å². The quantitative estimate of drug-likeness (QED) is 0.722. The van der Waals surface area contributed by atoms with Gasteiger partial charge >= 0.3 is 12.0 Å². The first kappa shape index (κ1) is 18.6. The van der Waals surface area contributed by atoms with Crippen molar-refractivity contribution in [1.29, 1.82) is 0 Å². The molecule has 8 heteroatoms. The highest BCUT2D eigenvalue weighted by molar-refractivity contribution is 5.94. The number of rotatable bonds is 6. The first-order valence-corrected chi connectivity index (χ1v) is 8.28. The summed E-state index contributed by atoms with van der Waals surface area (Å²) in [5.41, 5.74) is 0.616. The van der Waals surface area contributed by atoms with E-state index in [1.54, 1.807) is 24.3 Å². The predicted octanol–water partition coefficient (Wildman–Crippen LogP) is 1.53. The van der Waals surface area contributed by atoms with Gasteiger partial charge in [-0.15, -0.1) is 0 Å². The SMILES string of the molecule is CCOc1ccc(NC(=O)CNC(=O)N2CCC(C(=O)O)CC2)cc1. The number of benzene rings is 1. The molecule has 0 aromatic heterocycles. The van der Waals surface area contributed by atoms with Crippen LogP contribution in [0.1, 0.15) is 19.8 Å². The summed E-state index contributed by atoms with van der Waals surface area (Å²) < 4.78 is 5.32. The van der Waals surface area contributed by atoms with E-state index in [9.17, 15) is 14.4 Å². The number of carbonyl (C=O) groups is 3. The zero-order valence-corrected chi connectivity index (χ0v) is 14.2. The molecule has 1 fully saturated rings. The third-order valence-electron chi connectivity index (χ3n) is 3.98. The van der Waals surface area contributed by atoms with E-state index in [0.717, 1.165) is 5.75 Å². The lowest BCUT2D eigenvalue weighted by Crippen LogP contribution is -2.47. The van der Waals surface area contributed by atoms with Gasteiger partial charge in [-0.25, -0.2) is 4.79 Å².